The SMILES string of the molecule is CO[C@H](C)C(=O)Nc1ccccc1NC(=O)OC(C)(C)C. The van der Waals surface area contributed by atoms with E-state index in [1.54, 1.807) is 52.0 Å². The van der Waals surface area contributed by atoms with Crippen molar-refractivity contribution in [1.82, 2.24) is 0 Å². The summed E-state index contributed by atoms with van der Waals surface area (Å²) in [5.74, 6) is -0.295. The van der Waals surface area contributed by atoms with E-state index in [0.717, 1.165) is 0 Å². The minimum Gasteiger partial charge on any atom is -0.444 e. The van der Waals surface area contributed by atoms with Gasteiger partial charge in [-0.05, 0) is 39.8 Å². The monoisotopic (exact) mass is 294 g/mol. The molecule has 2 amide bonds. The fraction of sp³-hybridized carbons (Fsp3) is 0.467. The third-order valence-electron chi connectivity index (χ3n) is 2.54. The first-order valence-electron chi connectivity index (χ1n) is 6.65. The molecule has 6 heteroatoms. The van der Waals surface area contributed by atoms with Crippen LogP contribution in [-0.4, -0.2) is 30.8 Å². The zero-order valence-electron chi connectivity index (χ0n) is 13.0. The predicted molar refractivity (Wildman–Crippen MR) is 81.4 cm³/mol. The highest BCUT2D eigenvalue weighted by Gasteiger charge is 2.18. The summed E-state index contributed by atoms with van der Waals surface area (Å²) in [4.78, 5) is 23.6. The number of nitrogens with one attached hydrogen (secondary N) is 2. The minimum absolute atomic E-state index is 0.295. The Bertz CT molecular complexity index is 509. The summed E-state index contributed by atoms with van der Waals surface area (Å²) < 4.78 is 10.1. The average Bonchev–Trinajstić information content (AvgIpc) is 2.37. The molecule has 0 radical (unpaired) electrons. The van der Waals surface area contributed by atoms with E-state index >= 15 is 0 Å². The molecule has 1 atom stereocenters. The topological polar surface area (TPSA) is 76.7 Å². The van der Waals surface area contributed by atoms with Crippen molar-refractivity contribution in [2.75, 3.05) is 17.7 Å². The van der Waals surface area contributed by atoms with Gasteiger partial charge in [-0.3, -0.25) is 10.1 Å². The lowest BCUT2D eigenvalue weighted by atomic mass is 10.2. The predicted octanol–water partition coefficient (Wildman–Crippen LogP) is 3.01. The number of carbonyl (C=O) groups is 2. The number of hydrogen-bond acceptors (Lipinski definition) is 4. The molecule has 0 aromatic heterocycles. The van der Waals surface area contributed by atoms with Crippen LogP contribution < -0.4 is 10.6 Å². The number of methoxy groups -OCH3 is 1. The standard InChI is InChI=1S/C15H22N2O4/c1-10(20-5)13(18)16-11-8-6-7-9-12(11)17-14(19)21-15(2,3)4/h6-10H,1-5H3,(H,16,18)(H,17,19)/t10-/m1/s1. The quantitative estimate of drug-likeness (QED) is 0.895. The van der Waals surface area contributed by atoms with Crippen LogP contribution in [0.5, 0.6) is 0 Å². The summed E-state index contributed by atoms with van der Waals surface area (Å²) in [7, 11) is 1.45. The maximum Gasteiger partial charge on any atom is 0.412 e. The van der Waals surface area contributed by atoms with E-state index in [1.165, 1.54) is 7.11 Å². The molecule has 0 unspecified atom stereocenters. The van der Waals surface area contributed by atoms with Crippen LogP contribution in [0.3, 0.4) is 0 Å². The number of rotatable bonds is 4. The van der Waals surface area contributed by atoms with Crippen molar-refractivity contribution in [2.45, 2.75) is 39.4 Å². The van der Waals surface area contributed by atoms with Gasteiger partial charge in [-0.25, -0.2) is 4.79 Å². The molecule has 6 nitrogen and oxygen atoms in total. The Balaban J connectivity index is 2.80. The van der Waals surface area contributed by atoms with Crippen molar-refractivity contribution < 1.29 is 19.1 Å². The Morgan fingerprint density at radius 2 is 1.62 bits per heavy atom. The van der Waals surface area contributed by atoms with Gasteiger partial charge in [-0.1, -0.05) is 12.1 Å². The smallest absolute Gasteiger partial charge is 0.412 e. The van der Waals surface area contributed by atoms with Gasteiger partial charge in [-0.15, -0.1) is 0 Å². The van der Waals surface area contributed by atoms with Gasteiger partial charge in [0.25, 0.3) is 5.91 Å². The van der Waals surface area contributed by atoms with Crippen molar-refractivity contribution in [1.29, 1.82) is 0 Å². The third-order valence-corrected chi connectivity index (χ3v) is 2.54. The van der Waals surface area contributed by atoms with Gasteiger partial charge in [0.15, 0.2) is 0 Å². The number of amides is 2. The summed E-state index contributed by atoms with van der Waals surface area (Å²) in [5, 5.41) is 5.31. The molecule has 2 N–H and O–H groups in total. The summed E-state index contributed by atoms with van der Waals surface area (Å²) in [6.07, 6.45) is -1.16. The van der Waals surface area contributed by atoms with Crippen LogP contribution >= 0.6 is 0 Å². The summed E-state index contributed by atoms with van der Waals surface area (Å²) >= 11 is 0. The van der Waals surface area contributed by atoms with E-state index in [1.807, 2.05) is 0 Å². The zero-order valence-corrected chi connectivity index (χ0v) is 13.0. The van der Waals surface area contributed by atoms with Gasteiger partial charge in [-0.2, -0.15) is 0 Å². The fourth-order valence-electron chi connectivity index (χ4n) is 1.46. The Hall–Kier alpha value is -2.08. The van der Waals surface area contributed by atoms with Gasteiger partial charge in [0.05, 0.1) is 11.4 Å². The van der Waals surface area contributed by atoms with Crippen molar-refractivity contribution in [3.63, 3.8) is 0 Å². The van der Waals surface area contributed by atoms with E-state index < -0.39 is 17.8 Å². The molecule has 21 heavy (non-hydrogen) atoms. The summed E-state index contributed by atoms with van der Waals surface area (Å²) in [6, 6.07) is 6.87. The summed E-state index contributed by atoms with van der Waals surface area (Å²) in [5.41, 5.74) is 0.355. The number of benzene rings is 1. The van der Waals surface area contributed by atoms with Crippen LogP contribution in [0, 0.1) is 0 Å². The summed E-state index contributed by atoms with van der Waals surface area (Å²) in [6.45, 7) is 6.97. The molecule has 0 aliphatic heterocycles. The molecule has 0 spiro atoms. The normalized spacial score (nSPS) is 12.4. The number of hydrogen-bond donors (Lipinski definition) is 2. The highest BCUT2D eigenvalue weighted by Crippen LogP contribution is 2.22. The first-order chi connectivity index (χ1) is 9.73. The van der Waals surface area contributed by atoms with Crippen LogP contribution in [0.1, 0.15) is 27.7 Å². The zero-order chi connectivity index (χ0) is 16.0. The lowest BCUT2D eigenvalue weighted by Gasteiger charge is -2.20. The Kier molecular flexibility index (Phi) is 5.72. The van der Waals surface area contributed by atoms with Crippen LogP contribution in [-0.2, 0) is 14.3 Å². The van der Waals surface area contributed by atoms with Crippen molar-refractivity contribution in [3.05, 3.63) is 24.3 Å². The maximum absolute atomic E-state index is 11.8. The fourth-order valence-corrected chi connectivity index (χ4v) is 1.46. The van der Waals surface area contributed by atoms with Gasteiger partial charge >= 0.3 is 6.09 Å². The third kappa shape index (κ3) is 5.83. The molecule has 0 saturated heterocycles. The largest absolute Gasteiger partial charge is 0.444 e. The number of para-hydroxylation sites is 2. The number of ether oxygens (including phenoxy) is 2. The van der Waals surface area contributed by atoms with E-state index in [-0.39, 0.29) is 5.91 Å². The van der Waals surface area contributed by atoms with Crippen LogP contribution in [0.4, 0.5) is 16.2 Å². The number of anilines is 2. The Labute approximate surface area is 124 Å². The molecule has 1 aromatic carbocycles. The van der Waals surface area contributed by atoms with Gasteiger partial charge in [0.1, 0.15) is 11.7 Å². The molecule has 0 aliphatic rings. The van der Waals surface area contributed by atoms with Crippen molar-refractivity contribution in [2.24, 2.45) is 0 Å². The molecule has 1 aromatic rings. The average molecular weight is 294 g/mol. The van der Waals surface area contributed by atoms with Crippen LogP contribution in [0.25, 0.3) is 0 Å². The molecule has 0 aliphatic carbocycles. The van der Waals surface area contributed by atoms with E-state index in [9.17, 15) is 9.59 Å². The number of carbonyl (C=O) groups excluding carboxylic acids is 2. The Morgan fingerprint density at radius 1 is 1.10 bits per heavy atom. The van der Waals surface area contributed by atoms with Gasteiger partial charge in [0.2, 0.25) is 0 Å². The molecular formula is C15H22N2O4. The second-order valence-corrected chi connectivity index (χ2v) is 5.54. The van der Waals surface area contributed by atoms with E-state index in [0.29, 0.717) is 11.4 Å². The highest BCUT2D eigenvalue weighted by molar-refractivity contribution is 5.99. The molecule has 0 saturated carbocycles. The first-order valence-corrected chi connectivity index (χ1v) is 6.65. The Morgan fingerprint density at radius 3 is 2.10 bits per heavy atom. The molecule has 116 valence electrons. The van der Waals surface area contributed by atoms with E-state index in [4.69, 9.17) is 9.47 Å². The first kappa shape index (κ1) is 17.0. The lowest BCUT2D eigenvalue weighted by Crippen LogP contribution is -2.29. The maximum atomic E-state index is 11.8. The van der Waals surface area contributed by atoms with Gasteiger partial charge < -0.3 is 14.8 Å². The van der Waals surface area contributed by atoms with Crippen LogP contribution in [0.2, 0.25) is 0 Å². The van der Waals surface area contributed by atoms with Crippen molar-refractivity contribution >= 4 is 23.4 Å². The highest BCUT2D eigenvalue weighted by atomic mass is 16.6. The molecule has 1 rings (SSSR count). The van der Waals surface area contributed by atoms with Crippen LogP contribution in [0.15, 0.2) is 24.3 Å². The van der Waals surface area contributed by atoms with Crippen molar-refractivity contribution in [3.8, 4) is 0 Å². The molecule has 0 fully saturated rings. The molecule has 0 heterocycles. The molecular weight excluding hydrogens is 272 g/mol. The minimum atomic E-state index is -0.590. The van der Waals surface area contributed by atoms with E-state index in [2.05, 4.69) is 10.6 Å². The lowest BCUT2D eigenvalue weighted by molar-refractivity contribution is -0.124. The van der Waals surface area contributed by atoms with Gasteiger partial charge in [0, 0.05) is 7.11 Å². The second kappa shape index (κ2) is 7.08. The molecule has 0 bridgehead atoms. The second-order valence-electron chi connectivity index (χ2n) is 5.54.